The number of nitrogens with zero attached hydrogens (tertiary/aromatic N) is 1. The van der Waals surface area contributed by atoms with Crippen molar-refractivity contribution in [1.82, 2.24) is 15.5 Å². The summed E-state index contributed by atoms with van der Waals surface area (Å²) in [5.74, 6) is 1.06. The maximum absolute atomic E-state index is 5.89. The number of rotatable bonds is 3. The van der Waals surface area contributed by atoms with Crippen LogP contribution in [-0.4, -0.2) is 16.8 Å². The van der Waals surface area contributed by atoms with Gasteiger partial charge in [0.25, 0.3) is 0 Å². The molecule has 0 bridgehead atoms. The Morgan fingerprint density at radius 2 is 2.37 bits per heavy atom. The first kappa shape index (κ1) is 12.2. The monoisotopic (exact) mass is 257 g/mol. The summed E-state index contributed by atoms with van der Waals surface area (Å²) in [6, 6.07) is 8.72. The van der Waals surface area contributed by atoms with Gasteiger partial charge in [0.1, 0.15) is 5.75 Å². The maximum Gasteiger partial charge on any atom is 0.126 e. The number of hydrogen-bond acceptors (Lipinski definition) is 3. The Balaban J connectivity index is 1.80. The molecule has 0 spiro atoms. The Kier molecular flexibility index (Phi) is 3.51. The Bertz CT molecular complexity index is 536. The van der Waals surface area contributed by atoms with Crippen LogP contribution in [0.5, 0.6) is 5.75 Å². The van der Waals surface area contributed by atoms with Crippen LogP contribution in [0.15, 0.2) is 30.5 Å². The van der Waals surface area contributed by atoms with Crippen LogP contribution in [0.25, 0.3) is 0 Å². The van der Waals surface area contributed by atoms with Gasteiger partial charge in [-0.2, -0.15) is 5.10 Å². The molecule has 0 radical (unpaired) electrons. The third-order valence-corrected chi connectivity index (χ3v) is 3.60. The highest BCUT2D eigenvalue weighted by atomic mass is 16.5. The summed E-state index contributed by atoms with van der Waals surface area (Å²) in [5, 5.41) is 10.6. The zero-order valence-electron chi connectivity index (χ0n) is 11.1. The molecule has 1 aromatic carbocycles. The molecule has 4 nitrogen and oxygen atoms in total. The van der Waals surface area contributed by atoms with E-state index in [9.17, 15) is 0 Å². The zero-order valence-corrected chi connectivity index (χ0v) is 11.1. The number of ether oxygens (including phenoxy) is 1. The topological polar surface area (TPSA) is 49.9 Å². The van der Waals surface area contributed by atoms with E-state index in [0.717, 1.165) is 37.4 Å². The van der Waals surface area contributed by atoms with Crippen LogP contribution in [0.1, 0.15) is 35.7 Å². The summed E-state index contributed by atoms with van der Waals surface area (Å²) in [4.78, 5) is 0. The minimum absolute atomic E-state index is 0.348. The SMILES string of the molecule is Cc1cccc2c1OCCCC2NCc1ccn[nH]1. The third kappa shape index (κ3) is 2.63. The largest absolute Gasteiger partial charge is 0.493 e. The van der Waals surface area contributed by atoms with Crippen LogP contribution in [0, 0.1) is 6.92 Å². The van der Waals surface area contributed by atoms with Crippen molar-refractivity contribution in [3.05, 3.63) is 47.3 Å². The van der Waals surface area contributed by atoms with Gasteiger partial charge < -0.3 is 10.1 Å². The van der Waals surface area contributed by atoms with E-state index in [2.05, 4.69) is 40.6 Å². The van der Waals surface area contributed by atoms with Crippen molar-refractivity contribution in [1.29, 1.82) is 0 Å². The van der Waals surface area contributed by atoms with Gasteiger partial charge in [0.05, 0.1) is 6.61 Å². The molecule has 0 fully saturated rings. The minimum atomic E-state index is 0.348. The highest BCUT2D eigenvalue weighted by molar-refractivity contribution is 5.43. The van der Waals surface area contributed by atoms with Gasteiger partial charge in [-0.3, -0.25) is 5.10 Å². The highest BCUT2D eigenvalue weighted by Gasteiger charge is 2.20. The van der Waals surface area contributed by atoms with Crippen molar-refractivity contribution in [3.8, 4) is 5.75 Å². The summed E-state index contributed by atoms with van der Waals surface area (Å²) < 4.78 is 5.89. The van der Waals surface area contributed by atoms with E-state index in [1.165, 1.54) is 11.1 Å². The van der Waals surface area contributed by atoms with Gasteiger partial charge in [0, 0.05) is 30.0 Å². The molecule has 0 saturated carbocycles. The lowest BCUT2D eigenvalue weighted by molar-refractivity contribution is 0.313. The summed E-state index contributed by atoms with van der Waals surface area (Å²) in [6.45, 7) is 3.72. The van der Waals surface area contributed by atoms with Crippen molar-refractivity contribution in [3.63, 3.8) is 0 Å². The fourth-order valence-electron chi connectivity index (χ4n) is 2.59. The van der Waals surface area contributed by atoms with Crippen molar-refractivity contribution in [2.24, 2.45) is 0 Å². The van der Waals surface area contributed by atoms with Crippen LogP contribution in [-0.2, 0) is 6.54 Å². The molecule has 1 aromatic heterocycles. The molecule has 2 N–H and O–H groups in total. The average molecular weight is 257 g/mol. The van der Waals surface area contributed by atoms with Crippen molar-refractivity contribution < 1.29 is 4.74 Å². The molecule has 0 aliphatic carbocycles. The van der Waals surface area contributed by atoms with E-state index in [0.29, 0.717) is 6.04 Å². The minimum Gasteiger partial charge on any atom is -0.493 e. The van der Waals surface area contributed by atoms with E-state index < -0.39 is 0 Å². The predicted octanol–water partition coefficient (Wildman–Crippen LogP) is 2.72. The third-order valence-electron chi connectivity index (χ3n) is 3.60. The van der Waals surface area contributed by atoms with Crippen LogP contribution >= 0.6 is 0 Å². The molecule has 1 unspecified atom stereocenters. The van der Waals surface area contributed by atoms with Crippen LogP contribution in [0.3, 0.4) is 0 Å². The summed E-state index contributed by atoms with van der Waals surface area (Å²) in [7, 11) is 0. The molecule has 2 heterocycles. The lowest BCUT2D eigenvalue weighted by Crippen LogP contribution is -2.20. The summed E-state index contributed by atoms with van der Waals surface area (Å²) in [6.07, 6.45) is 3.96. The van der Waals surface area contributed by atoms with Crippen molar-refractivity contribution in [2.45, 2.75) is 32.4 Å². The number of nitrogens with one attached hydrogen (secondary N) is 2. The molecule has 19 heavy (non-hydrogen) atoms. The number of aromatic amines is 1. The molecule has 2 aromatic rings. The number of benzene rings is 1. The van der Waals surface area contributed by atoms with Gasteiger partial charge in [-0.15, -0.1) is 0 Å². The summed E-state index contributed by atoms with van der Waals surface area (Å²) >= 11 is 0. The lowest BCUT2D eigenvalue weighted by atomic mass is 10.00. The van der Waals surface area contributed by atoms with E-state index in [1.807, 2.05) is 6.07 Å². The fourth-order valence-corrected chi connectivity index (χ4v) is 2.59. The number of aromatic nitrogens is 2. The smallest absolute Gasteiger partial charge is 0.126 e. The molecule has 1 aliphatic heterocycles. The Morgan fingerprint density at radius 1 is 1.42 bits per heavy atom. The quantitative estimate of drug-likeness (QED) is 0.889. The second-order valence-corrected chi connectivity index (χ2v) is 5.00. The average Bonchev–Trinajstić information content (AvgIpc) is 2.84. The molecule has 3 rings (SSSR count). The predicted molar refractivity (Wildman–Crippen MR) is 74.1 cm³/mol. The maximum atomic E-state index is 5.89. The van der Waals surface area contributed by atoms with Crippen molar-refractivity contribution >= 4 is 0 Å². The van der Waals surface area contributed by atoms with E-state index in [1.54, 1.807) is 6.20 Å². The van der Waals surface area contributed by atoms with E-state index in [-0.39, 0.29) is 0 Å². The summed E-state index contributed by atoms with van der Waals surface area (Å²) in [5.41, 5.74) is 3.60. The van der Waals surface area contributed by atoms with Gasteiger partial charge in [-0.1, -0.05) is 18.2 Å². The fraction of sp³-hybridized carbons (Fsp3) is 0.400. The number of H-pyrrole nitrogens is 1. The number of hydrogen-bond donors (Lipinski definition) is 2. The zero-order chi connectivity index (χ0) is 13.1. The van der Waals surface area contributed by atoms with E-state index >= 15 is 0 Å². The normalized spacial score (nSPS) is 18.5. The molecule has 1 aliphatic rings. The van der Waals surface area contributed by atoms with E-state index in [4.69, 9.17) is 4.74 Å². The standard InChI is InChI=1S/C15H19N3O/c1-11-4-2-5-13-14(6-3-9-19-15(11)13)16-10-12-7-8-17-18-12/h2,4-5,7-8,14,16H,3,6,9-10H2,1H3,(H,17,18). The molecular formula is C15H19N3O. The molecular weight excluding hydrogens is 238 g/mol. The Morgan fingerprint density at radius 3 is 3.21 bits per heavy atom. The molecule has 100 valence electrons. The second kappa shape index (κ2) is 5.45. The van der Waals surface area contributed by atoms with Gasteiger partial charge in [0.2, 0.25) is 0 Å². The van der Waals surface area contributed by atoms with Crippen LogP contribution in [0.2, 0.25) is 0 Å². The Labute approximate surface area is 113 Å². The van der Waals surface area contributed by atoms with Crippen LogP contribution < -0.4 is 10.1 Å². The van der Waals surface area contributed by atoms with Gasteiger partial charge in [0.15, 0.2) is 0 Å². The number of fused-ring (bicyclic) bond motifs is 1. The first-order valence-corrected chi connectivity index (χ1v) is 6.78. The molecule has 4 heteroatoms. The molecule has 0 saturated heterocycles. The van der Waals surface area contributed by atoms with Gasteiger partial charge in [-0.25, -0.2) is 0 Å². The number of aryl methyl sites for hydroxylation is 1. The van der Waals surface area contributed by atoms with Gasteiger partial charge >= 0.3 is 0 Å². The Hall–Kier alpha value is -1.81. The number of para-hydroxylation sites is 1. The molecule has 0 amide bonds. The van der Waals surface area contributed by atoms with Crippen LogP contribution in [0.4, 0.5) is 0 Å². The van der Waals surface area contributed by atoms with Crippen molar-refractivity contribution in [2.75, 3.05) is 6.61 Å². The first-order chi connectivity index (χ1) is 9.34. The lowest BCUT2D eigenvalue weighted by Gasteiger charge is -2.19. The van der Waals surface area contributed by atoms with Gasteiger partial charge in [-0.05, 0) is 31.4 Å². The first-order valence-electron chi connectivity index (χ1n) is 6.78. The highest BCUT2D eigenvalue weighted by Crippen LogP contribution is 2.34. The molecule has 1 atom stereocenters. The second-order valence-electron chi connectivity index (χ2n) is 5.00.